The molecule has 22 heavy (non-hydrogen) atoms. The number of aryl methyl sites for hydroxylation is 1. The van der Waals surface area contributed by atoms with Crippen molar-refractivity contribution in [1.29, 1.82) is 0 Å². The lowest BCUT2D eigenvalue weighted by atomic mass is 10.1. The maximum absolute atomic E-state index is 5.31. The van der Waals surface area contributed by atoms with Gasteiger partial charge in [0.15, 0.2) is 5.96 Å². The average molecular weight is 415 g/mol. The van der Waals surface area contributed by atoms with Crippen molar-refractivity contribution in [3.05, 3.63) is 47.0 Å². The van der Waals surface area contributed by atoms with Gasteiger partial charge >= 0.3 is 0 Å². The molecule has 0 aromatic heterocycles. The van der Waals surface area contributed by atoms with E-state index in [1.54, 1.807) is 7.05 Å². The monoisotopic (exact) mass is 415 g/mol. The molecule has 2 N–H and O–H groups in total. The third kappa shape index (κ3) is 6.79. The fourth-order valence-electron chi connectivity index (χ4n) is 2.36. The molecule has 1 aliphatic rings. The minimum atomic E-state index is 0. The van der Waals surface area contributed by atoms with Crippen molar-refractivity contribution in [3.63, 3.8) is 0 Å². The summed E-state index contributed by atoms with van der Waals surface area (Å²) in [4.78, 5) is 4.26. The van der Waals surface area contributed by atoms with Crippen molar-refractivity contribution < 1.29 is 4.74 Å². The van der Waals surface area contributed by atoms with Crippen LogP contribution >= 0.6 is 24.0 Å². The second kappa shape index (κ2) is 10.6. The molecule has 0 saturated carbocycles. The number of ether oxygens (including phenoxy) is 1. The largest absolute Gasteiger partial charge is 0.377 e. The quantitative estimate of drug-likeness (QED) is 0.337. The van der Waals surface area contributed by atoms with Gasteiger partial charge in [0.1, 0.15) is 0 Å². The van der Waals surface area contributed by atoms with Crippen molar-refractivity contribution in [1.82, 2.24) is 10.6 Å². The summed E-state index contributed by atoms with van der Waals surface area (Å²) < 4.78 is 5.31. The van der Waals surface area contributed by atoms with Gasteiger partial charge < -0.3 is 15.4 Å². The van der Waals surface area contributed by atoms with Crippen molar-refractivity contribution in [2.75, 3.05) is 26.8 Å². The Morgan fingerprint density at radius 2 is 2.18 bits per heavy atom. The Bertz CT molecular complexity index is 514. The zero-order chi connectivity index (χ0) is 14.9. The van der Waals surface area contributed by atoms with Crippen molar-refractivity contribution in [2.24, 2.45) is 4.99 Å². The maximum Gasteiger partial charge on any atom is 0.191 e. The van der Waals surface area contributed by atoms with Crippen molar-refractivity contribution >= 4 is 29.9 Å². The van der Waals surface area contributed by atoms with E-state index in [4.69, 9.17) is 4.74 Å². The highest BCUT2D eigenvalue weighted by molar-refractivity contribution is 14.0. The molecule has 5 heteroatoms. The number of rotatable bonds is 5. The summed E-state index contributed by atoms with van der Waals surface area (Å²) in [5, 5.41) is 6.70. The van der Waals surface area contributed by atoms with Gasteiger partial charge in [-0.3, -0.25) is 4.99 Å². The van der Waals surface area contributed by atoms with Crippen molar-refractivity contribution in [2.45, 2.75) is 26.3 Å². The number of nitrogens with zero attached hydrogens (tertiary/aromatic N) is 1. The molecule has 4 nitrogen and oxygen atoms in total. The van der Waals surface area contributed by atoms with Crippen LogP contribution in [-0.4, -0.2) is 32.8 Å². The van der Waals surface area contributed by atoms with E-state index in [0.29, 0.717) is 0 Å². The molecule has 1 heterocycles. The highest BCUT2D eigenvalue weighted by atomic mass is 127. The lowest BCUT2D eigenvalue weighted by Crippen LogP contribution is -2.37. The fraction of sp³-hybridized carbons (Fsp3) is 0.471. The molecule has 0 bridgehead atoms. The number of hydrogen-bond donors (Lipinski definition) is 2. The van der Waals surface area contributed by atoms with Crippen LogP contribution in [0.2, 0.25) is 0 Å². The smallest absolute Gasteiger partial charge is 0.191 e. The summed E-state index contributed by atoms with van der Waals surface area (Å²) in [5.74, 6) is 0.851. The molecule has 0 saturated heterocycles. The van der Waals surface area contributed by atoms with E-state index in [2.05, 4.69) is 52.9 Å². The number of aliphatic imine (C=N–C) groups is 1. The van der Waals surface area contributed by atoms with E-state index in [1.807, 2.05) is 0 Å². The minimum Gasteiger partial charge on any atom is -0.377 e. The summed E-state index contributed by atoms with van der Waals surface area (Å²) in [6.07, 6.45) is 4.29. The lowest BCUT2D eigenvalue weighted by Gasteiger charge is -2.15. The first-order chi connectivity index (χ1) is 10.3. The van der Waals surface area contributed by atoms with Gasteiger partial charge in [-0.2, -0.15) is 0 Å². The van der Waals surface area contributed by atoms with Crippen LogP contribution < -0.4 is 10.6 Å². The molecular weight excluding hydrogens is 389 g/mol. The second-order valence-electron chi connectivity index (χ2n) is 5.28. The molecule has 0 radical (unpaired) electrons. The molecule has 1 aliphatic heterocycles. The Labute approximate surface area is 150 Å². The van der Waals surface area contributed by atoms with Crippen LogP contribution in [-0.2, 0) is 11.3 Å². The molecular formula is C17H26IN3O. The third-order valence-electron chi connectivity index (χ3n) is 3.56. The molecule has 0 aliphatic carbocycles. The van der Waals surface area contributed by atoms with Gasteiger partial charge in [0.25, 0.3) is 0 Å². The standard InChI is InChI=1S/C17H25N3O.HI/c1-14-4-3-5-16(12-14)13-20-17(18-2)19-9-6-15-7-10-21-11-8-15;/h3-5,7,12H,6,8-11,13H2,1-2H3,(H2,18,19,20);1H. The molecule has 0 spiro atoms. The Morgan fingerprint density at radius 1 is 1.32 bits per heavy atom. The zero-order valence-electron chi connectivity index (χ0n) is 13.4. The second-order valence-corrected chi connectivity index (χ2v) is 5.28. The van der Waals surface area contributed by atoms with Crippen LogP contribution in [0.15, 0.2) is 40.9 Å². The Hall–Kier alpha value is -1.08. The minimum absolute atomic E-state index is 0. The Balaban J connectivity index is 0.00000242. The topological polar surface area (TPSA) is 45.7 Å². The normalized spacial score (nSPS) is 14.8. The number of hydrogen-bond acceptors (Lipinski definition) is 2. The Kier molecular flexibility index (Phi) is 9.15. The van der Waals surface area contributed by atoms with E-state index in [0.717, 1.165) is 45.1 Å². The van der Waals surface area contributed by atoms with E-state index < -0.39 is 0 Å². The third-order valence-corrected chi connectivity index (χ3v) is 3.56. The fourth-order valence-corrected chi connectivity index (χ4v) is 2.36. The van der Waals surface area contributed by atoms with Gasteiger partial charge in [-0.1, -0.05) is 41.5 Å². The number of guanidine groups is 1. The average Bonchev–Trinajstić information content (AvgIpc) is 2.52. The van der Waals surface area contributed by atoms with E-state index in [-0.39, 0.29) is 24.0 Å². The summed E-state index contributed by atoms with van der Waals surface area (Å²) in [6, 6.07) is 8.51. The van der Waals surface area contributed by atoms with Crippen LogP contribution in [0.4, 0.5) is 0 Å². The van der Waals surface area contributed by atoms with Crippen LogP contribution in [0.3, 0.4) is 0 Å². The number of halogens is 1. The zero-order valence-corrected chi connectivity index (χ0v) is 15.7. The molecule has 2 rings (SSSR count). The highest BCUT2D eigenvalue weighted by Crippen LogP contribution is 2.10. The van der Waals surface area contributed by atoms with Gasteiger partial charge in [0, 0.05) is 20.1 Å². The van der Waals surface area contributed by atoms with Crippen LogP contribution in [0.5, 0.6) is 0 Å². The summed E-state index contributed by atoms with van der Waals surface area (Å²) >= 11 is 0. The van der Waals surface area contributed by atoms with Crippen LogP contribution in [0.1, 0.15) is 24.0 Å². The van der Waals surface area contributed by atoms with E-state index in [1.165, 1.54) is 16.7 Å². The number of nitrogens with one attached hydrogen (secondary N) is 2. The van der Waals surface area contributed by atoms with Gasteiger partial charge in [0.05, 0.1) is 13.2 Å². The summed E-state index contributed by atoms with van der Waals surface area (Å²) in [7, 11) is 1.80. The molecule has 0 amide bonds. The van der Waals surface area contributed by atoms with Crippen molar-refractivity contribution in [3.8, 4) is 0 Å². The van der Waals surface area contributed by atoms with Gasteiger partial charge in [-0.25, -0.2) is 0 Å². The molecule has 1 aromatic rings. The first kappa shape index (κ1) is 19.0. The molecule has 0 unspecified atom stereocenters. The lowest BCUT2D eigenvalue weighted by molar-refractivity contribution is 0.153. The molecule has 0 fully saturated rings. The van der Waals surface area contributed by atoms with Crippen LogP contribution in [0.25, 0.3) is 0 Å². The summed E-state index contributed by atoms with van der Waals surface area (Å²) in [6.45, 7) is 5.41. The van der Waals surface area contributed by atoms with Gasteiger partial charge in [-0.05, 0) is 25.3 Å². The SMILES string of the molecule is CN=C(NCCC1=CCOCC1)NCc1cccc(C)c1.I. The maximum atomic E-state index is 5.31. The predicted octanol–water partition coefficient (Wildman–Crippen LogP) is 3.01. The highest BCUT2D eigenvalue weighted by Gasteiger charge is 2.04. The van der Waals surface area contributed by atoms with E-state index >= 15 is 0 Å². The van der Waals surface area contributed by atoms with Gasteiger partial charge in [-0.15, -0.1) is 24.0 Å². The molecule has 0 atom stereocenters. The molecule has 1 aromatic carbocycles. The first-order valence-corrected chi connectivity index (χ1v) is 7.53. The predicted molar refractivity (Wildman–Crippen MR) is 103 cm³/mol. The Morgan fingerprint density at radius 3 is 2.86 bits per heavy atom. The first-order valence-electron chi connectivity index (χ1n) is 7.53. The van der Waals surface area contributed by atoms with Crippen LogP contribution in [0, 0.1) is 6.92 Å². The van der Waals surface area contributed by atoms with Gasteiger partial charge in [0.2, 0.25) is 0 Å². The number of benzene rings is 1. The van der Waals surface area contributed by atoms with E-state index in [9.17, 15) is 0 Å². The molecule has 122 valence electrons. The summed E-state index contributed by atoms with van der Waals surface area (Å²) in [5.41, 5.74) is 4.02.